The lowest BCUT2D eigenvalue weighted by molar-refractivity contribution is 0.0951. The van der Waals surface area contributed by atoms with Gasteiger partial charge in [-0.2, -0.15) is 5.10 Å². The van der Waals surface area contributed by atoms with E-state index in [1.807, 2.05) is 24.3 Å². The van der Waals surface area contributed by atoms with Crippen molar-refractivity contribution in [2.75, 3.05) is 7.11 Å². The highest BCUT2D eigenvalue weighted by Gasteiger charge is 2.23. The lowest BCUT2D eigenvalue weighted by atomic mass is 9.87. The lowest BCUT2D eigenvalue weighted by Gasteiger charge is -2.17. The number of aromatic nitrogens is 2. The molecule has 4 aromatic rings. The molecule has 0 radical (unpaired) electrons. The molecule has 0 unspecified atom stereocenters. The molecule has 1 heterocycles. The van der Waals surface area contributed by atoms with Crippen LogP contribution in [0.3, 0.4) is 0 Å². The van der Waals surface area contributed by atoms with Gasteiger partial charge in [0, 0.05) is 34.9 Å². The summed E-state index contributed by atoms with van der Waals surface area (Å²) < 4.78 is 32.0. The topological polar surface area (TPSA) is 67.0 Å². The van der Waals surface area contributed by atoms with Crippen LogP contribution in [0.4, 0.5) is 8.78 Å². The number of amides is 1. The van der Waals surface area contributed by atoms with Crippen LogP contribution in [0.15, 0.2) is 60.7 Å². The number of methoxy groups -OCH3 is 1. The summed E-state index contributed by atoms with van der Waals surface area (Å²) in [7, 11) is 1.66. The van der Waals surface area contributed by atoms with Crippen molar-refractivity contribution in [1.29, 1.82) is 0 Å². The first-order valence-electron chi connectivity index (χ1n) is 10.6. The van der Waals surface area contributed by atoms with Crippen LogP contribution in [0, 0.1) is 11.6 Å². The second kappa shape index (κ2) is 8.50. The van der Waals surface area contributed by atoms with Crippen molar-refractivity contribution in [2.45, 2.75) is 19.4 Å². The average molecular weight is 445 g/mol. The van der Waals surface area contributed by atoms with E-state index in [-0.39, 0.29) is 12.5 Å². The summed E-state index contributed by atoms with van der Waals surface area (Å²) in [4.78, 5) is 12.5. The Hall–Kier alpha value is -4.00. The van der Waals surface area contributed by atoms with Crippen LogP contribution in [-0.2, 0) is 19.4 Å². The highest BCUT2D eigenvalue weighted by atomic mass is 19.1. The molecule has 1 amide bonds. The summed E-state index contributed by atoms with van der Waals surface area (Å²) >= 11 is 0. The van der Waals surface area contributed by atoms with E-state index in [0.29, 0.717) is 11.1 Å². The first-order chi connectivity index (χ1) is 16.0. The summed E-state index contributed by atoms with van der Waals surface area (Å²) in [6.07, 6.45) is 1.75. The molecule has 33 heavy (non-hydrogen) atoms. The van der Waals surface area contributed by atoms with Crippen molar-refractivity contribution >= 4 is 5.91 Å². The molecule has 0 spiro atoms. The Bertz CT molecular complexity index is 1330. The van der Waals surface area contributed by atoms with Crippen molar-refractivity contribution in [2.24, 2.45) is 0 Å². The number of hydrogen-bond acceptors (Lipinski definition) is 3. The summed E-state index contributed by atoms with van der Waals surface area (Å²) in [5.74, 6) is -0.827. The van der Waals surface area contributed by atoms with Crippen LogP contribution >= 0.6 is 0 Å². The molecular weight excluding hydrogens is 424 g/mol. The monoisotopic (exact) mass is 445 g/mol. The number of aromatic amines is 1. The van der Waals surface area contributed by atoms with Gasteiger partial charge in [-0.05, 0) is 66.4 Å². The van der Waals surface area contributed by atoms with Gasteiger partial charge < -0.3 is 10.1 Å². The van der Waals surface area contributed by atoms with Crippen molar-refractivity contribution in [1.82, 2.24) is 15.5 Å². The molecule has 5 rings (SSSR count). The summed E-state index contributed by atoms with van der Waals surface area (Å²) in [6, 6.07) is 16.4. The Morgan fingerprint density at radius 3 is 2.52 bits per heavy atom. The fraction of sp³-hybridized carbons (Fsp3) is 0.154. The molecule has 3 aromatic carbocycles. The fourth-order valence-electron chi connectivity index (χ4n) is 4.25. The van der Waals surface area contributed by atoms with Crippen LogP contribution in [0.2, 0.25) is 0 Å². The third kappa shape index (κ3) is 4.09. The molecule has 0 fully saturated rings. The third-order valence-electron chi connectivity index (χ3n) is 5.89. The number of aryl methyl sites for hydroxylation is 1. The first-order valence-corrected chi connectivity index (χ1v) is 10.6. The molecule has 1 aliphatic rings. The van der Waals surface area contributed by atoms with Gasteiger partial charge in [0.1, 0.15) is 17.4 Å². The van der Waals surface area contributed by atoms with Gasteiger partial charge >= 0.3 is 0 Å². The molecule has 0 atom stereocenters. The van der Waals surface area contributed by atoms with E-state index >= 15 is 0 Å². The second-order valence-corrected chi connectivity index (χ2v) is 7.99. The second-order valence-electron chi connectivity index (χ2n) is 7.99. The Kier molecular flexibility index (Phi) is 5.38. The van der Waals surface area contributed by atoms with Crippen LogP contribution in [-0.4, -0.2) is 23.2 Å². The van der Waals surface area contributed by atoms with Crippen molar-refractivity contribution in [3.8, 4) is 28.3 Å². The molecule has 5 nitrogen and oxygen atoms in total. The molecule has 2 N–H and O–H groups in total. The number of H-pyrrole nitrogens is 1. The molecule has 1 aliphatic carbocycles. The van der Waals surface area contributed by atoms with Crippen LogP contribution in [0.5, 0.6) is 5.75 Å². The molecule has 0 bridgehead atoms. The highest BCUT2D eigenvalue weighted by molar-refractivity contribution is 5.94. The SMILES string of the molecule is COc1ccc2c(c1)CCc1c(-c3ccc(C(=O)NCc4cc(F)cc(F)c4)cc3)n[nH]c1-2. The smallest absolute Gasteiger partial charge is 0.251 e. The van der Waals surface area contributed by atoms with Gasteiger partial charge in [-0.1, -0.05) is 12.1 Å². The number of carbonyl (C=O) groups excluding carboxylic acids is 1. The number of fused-ring (bicyclic) bond motifs is 3. The predicted molar refractivity (Wildman–Crippen MR) is 121 cm³/mol. The zero-order chi connectivity index (χ0) is 22.9. The minimum absolute atomic E-state index is 0.0341. The molecule has 0 saturated heterocycles. The van der Waals surface area contributed by atoms with E-state index in [1.165, 1.54) is 17.7 Å². The molecule has 1 aromatic heterocycles. The zero-order valence-electron chi connectivity index (χ0n) is 17.9. The number of ether oxygens (including phenoxy) is 1. The van der Waals surface area contributed by atoms with Gasteiger partial charge in [-0.15, -0.1) is 0 Å². The van der Waals surface area contributed by atoms with E-state index in [4.69, 9.17) is 4.74 Å². The number of benzene rings is 3. The zero-order valence-corrected chi connectivity index (χ0v) is 17.9. The van der Waals surface area contributed by atoms with Crippen LogP contribution in [0.1, 0.15) is 27.0 Å². The Morgan fingerprint density at radius 1 is 1.03 bits per heavy atom. The number of nitrogens with one attached hydrogen (secondary N) is 2. The number of rotatable bonds is 5. The maximum Gasteiger partial charge on any atom is 0.251 e. The Labute approximate surface area is 189 Å². The van der Waals surface area contributed by atoms with Gasteiger partial charge in [0.05, 0.1) is 18.5 Å². The summed E-state index contributed by atoms with van der Waals surface area (Å²) in [5.41, 5.74) is 7.11. The van der Waals surface area contributed by atoms with Crippen molar-refractivity contribution in [3.63, 3.8) is 0 Å². The third-order valence-corrected chi connectivity index (χ3v) is 5.89. The maximum atomic E-state index is 13.3. The van der Waals surface area contributed by atoms with Gasteiger partial charge in [0.25, 0.3) is 5.91 Å². The summed E-state index contributed by atoms with van der Waals surface area (Å²) in [5, 5.41) is 10.4. The minimum Gasteiger partial charge on any atom is -0.497 e. The van der Waals surface area contributed by atoms with Gasteiger partial charge in [0.15, 0.2) is 0 Å². The molecule has 0 aliphatic heterocycles. The normalized spacial score (nSPS) is 12.1. The van der Waals surface area contributed by atoms with E-state index in [2.05, 4.69) is 21.6 Å². The maximum absolute atomic E-state index is 13.3. The number of hydrogen-bond donors (Lipinski definition) is 2. The first kappa shape index (κ1) is 20.9. The molecule has 0 saturated carbocycles. The Morgan fingerprint density at radius 2 is 1.79 bits per heavy atom. The van der Waals surface area contributed by atoms with E-state index < -0.39 is 11.6 Å². The molecule has 166 valence electrons. The minimum atomic E-state index is -0.673. The molecular formula is C26H21F2N3O2. The number of halogens is 2. The lowest BCUT2D eigenvalue weighted by Crippen LogP contribution is -2.22. The average Bonchev–Trinajstić information content (AvgIpc) is 3.26. The van der Waals surface area contributed by atoms with E-state index in [0.717, 1.165) is 52.7 Å². The van der Waals surface area contributed by atoms with Crippen molar-refractivity contribution in [3.05, 3.63) is 94.6 Å². The van der Waals surface area contributed by atoms with E-state index in [1.54, 1.807) is 19.2 Å². The van der Waals surface area contributed by atoms with Gasteiger partial charge in [-0.25, -0.2) is 8.78 Å². The van der Waals surface area contributed by atoms with Crippen LogP contribution in [0.25, 0.3) is 22.5 Å². The predicted octanol–water partition coefficient (Wildman–Crippen LogP) is 5.06. The number of carbonyl (C=O) groups is 1. The van der Waals surface area contributed by atoms with E-state index in [9.17, 15) is 13.6 Å². The van der Waals surface area contributed by atoms with Crippen molar-refractivity contribution < 1.29 is 18.3 Å². The standard InChI is InChI=1S/C26H21F2N3O2/c1-33-21-7-9-22-18(12-21)6-8-23-24(30-31-25(22)23)16-2-4-17(5-3-16)26(32)29-14-15-10-19(27)13-20(28)11-15/h2-5,7,9-13H,6,8,14H2,1H3,(H,29,32)(H,30,31). The largest absolute Gasteiger partial charge is 0.497 e. The summed E-state index contributed by atoms with van der Waals surface area (Å²) in [6.45, 7) is 0.0341. The van der Waals surface area contributed by atoms with Gasteiger partial charge in [0.2, 0.25) is 0 Å². The Balaban J connectivity index is 1.33. The molecule has 7 heteroatoms. The number of nitrogens with zero attached hydrogens (tertiary/aromatic N) is 1. The highest BCUT2D eigenvalue weighted by Crippen LogP contribution is 2.38. The van der Waals surface area contributed by atoms with Gasteiger partial charge in [-0.3, -0.25) is 9.89 Å². The fourth-order valence-corrected chi connectivity index (χ4v) is 4.25. The van der Waals surface area contributed by atoms with Crippen LogP contribution < -0.4 is 10.1 Å². The quantitative estimate of drug-likeness (QED) is 0.451.